The first-order valence-corrected chi connectivity index (χ1v) is 7.80. The van der Waals surface area contributed by atoms with Crippen LogP contribution in [0.3, 0.4) is 0 Å². The molecule has 23 heavy (non-hydrogen) atoms. The SMILES string of the molecule is O=c1[nH]c(O)c(C(COc2ccc(F)cc2)c2ccccc2)s1. The van der Waals surface area contributed by atoms with Crippen LogP contribution in [0.5, 0.6) is 11.6 Å². The molecule has 0 spiro atoms. The van der Waals surface area contributed by atoms with Crippen LogP contribution in [0.1, 0.15) is 16.4 Å². The van der Waals surface area contributed by atoms with Gasteiger partial charge in [-0.05, 0) is 29.8 Å². The Bertz CT molecular complexity index is 827. The van der Waals surface area contributed by atoms with Gasteiger partial charge in [-0.15, -0.1) is 0 Å². The summed E-state index contributed by atoms with van der Waals surface area (Å²) < 4.78 is 18.7. The van der Waals surface area contributed by atoms with Crippen molar-refractivity contribution in [2.75, 3.05) is 6.61 Å². The molecule has 2 aromatic carbocycles. The third kappa shape index (κ3) is 3.60. The van der Waals surface area contributed by atoms with Crippen molar-refractivity contribution in [2.45, 2.75) is 5.92 Å². The van der Waals surface area contributed by atoms with Crippen LogP contribution in [0.15, 0.2) is 59.4 Å². The summed E-state index contributed by atoms with van der Waals surface area (Å²) >= 11 is 0.954. The van der Waals surface area contributed by atoms with Gasteiger partial charge in [0, 0.05) is 0 Å². The Morgan fingerprint density at radius 2 is 1.83 bits per heavy atom. The summed E-state index contributed by atoms with van der Waals surface area (Å²) in [4.78, 5) is 14.1. The van der Waals surface area contributed by atoms with Crippen molar-refractivity contribution < 1.29 is 14.2 Å². The lowest BCUT2D eigenvalue weighted by atomic mass is 9.98. The molecule has 0 bridgehead atoms. The van der Waals surface area contributed by atoms with Gasteiger partial charge in [0.25, 0.3) is 0 Å². The van der Waals surface area contributed by atoms with Gasteiger partial charge >= 0.3 is 4.87 Å². The van der Waals surface area contributed by atoms with E-state index in [2.05, 4.69) is 4.98 Å². The minimum atomic E-state index is -0.335. The van der Waals surface area contributed by atoms with Crippen LogP contribution in [0.2, 0.25) is 0 Å². The maximum atomic E-state index is 12.9. The number of rotatable bonds is 5. The van der Waals surface area contributed by atoms with E-state index in [1.807, 2.05) is 30.3 Å². The minimum Gasteiger partial charge on any atom is -0.494 e. The molecule has 2 N–H and O–H groups in total. The van der Waals surface area contributed by atoms with E-state index in [0.717, 1.165) is 16.9 Å². The van der Waals surface area contributed by atoms with Crippen LogP contribution in [-0.2, 0) is 0 Å². The van der Waals surface area contributed by atoms with Gasteiger partial charge in [-0.25, -0.2) is 4.39 Å². The number of aromatic hydroxyl groups is 1. The number of halogens is 1. The van der Waals surface area contributed by atoms with Gasteiger partial charge < -0.3 is 9.84 Å². The highest BCUT2D eigenvalue weighted by Crippen LogP contribution is 2.32. The second-order valence-corrected chi connectivity index (χ2v) is 5.97. The Hall–Kier alpha value is -2.60. The molecule has 0 aliphatic rings. The molecule has 1 atom stereocenters. The number of hydrogen-bond donors (Lipinski definition) is 2. The molecule has 0 aliphatic carbocycles. The van der Waals surface area contributed by atoms with Gasteiger partial charge in [-0.3, -0.25) is 9.78 Å². The molecule has 3 aromatic rings. The first-order chi connectivity index (χ1) is 11.1. The molecular formula is C17H14FNO3S. The van der Waals surface area contributed by atoms with E-state index in [-0.39, 0.29) is 29.1 Å². The van der Waals surface area contributed by atoms with Gasteiger partial charge in [0.15, 0.2) is 0 Å². The lowest BCUT2D eigenvalue weighted by molar-refractivity contribution is 0.301. The van der Waals surface area contributed by atoms with Crippen molar-refractivity contribution >= 4 is 11.3 Å². The monoisotopic (exact) mass is 331 g/mol. The number of hydrogen-bond acceptors (Lipinski definition) is 4. The normalized spacial score (nSPS) is 12.0. The lowest BCUT2D eigenvalue weighted by Crippen LogP contribution is -2.11. The topological polar surface area (TPSA) is 62.3 Å². The highest BCUT2D eigenvalue weighted by molar-refractivity contribution is 7.09. The third-order valence-corrected chi connectivity index (χ3v) is 4.39. The molecule has 0 amide bonds. The van der Waals surface area contributed by atoms with Gasteiger partial charge in [-0.2, -0.15) is 0 Å². The molecule has 0 radical (unpaired) electrons. The fourth-order valence-corrected chi connectivity index (χ4v) is 3.13. The van der Waals surface area contributed by atoms with Crippen molar-refractivity contribution in [3.63, 3.8) is 0 Å². The predicted molar refractivity (Wildman–Crippen MR) is 86.8 cm³/mol. The average Bonchev–Trinajstić information content (AvgIpc) is 2.89. The van der Waals surface area contributed by atoms with Crippen molar-refractivity contribution in [2.24, 2.45) is 0 Å². The second kappa shape index (κ2) is 6.66. The zero-order valence-corrected chi connectivity index (χ0v) is 12.8. The molecule has 6 heteroatoms. The number of aromatic amines is 1. The van der Waals surface area contributed by atoms with Crippen molar-refractivity contribution in [1.82, 2.24) is 4.98 Å². The van der Waals surface area contributed by atoms with Crippen molar-refractivity contribution in [3.05, 3.63) is 80.5 Å². The Morgan fingerprint density at radius 1 is 1.13 bits per heavy atom. The highest BCUT2D eigenvalue weighted by atomic mass is 32.1. The first kappa shape index (κ1) is 15.3. The van der Waals surface area contributed by atoms with Gasteiger partial charge in [0.2, 0.25) is 5.88 Å². The fourth-order valence-electron chi connectivity index (χ4n) is 2.29. The molecule has 1 heterocycles. The number of benzene rings is 2. The summed E-state index contributed by atoms with van der Waals surface area (Å²) in [5, 5.41) is 9.95. The quantitative estimate of drug-likeness (QED) is 0.752. The van der Waals surface area contributed by atoms with Crippen molar-refractivity contribution in [3.8, 4) is 11.6 Å². The Labute approximate surface area is 135 Å². The van der Waals surface area contributed by atoms with Crippen LogP contribution < -0.4 is 9.61 Å². The van der Waals surface area contributed by atoms with E-state index in [1.165, 1.54) is 24.3 Å². The van der Waals surface area contributed by atoms with E-state index in [1.54, 1.807) is 0 Å². The molecule has 1 aromatic heterocycles. The molecule has 0 aliphatic heterocycles. The summed E-state index contributed by atoms with van der Waals surface area (Å²) in [6, 6.07) is 15.2. The molecular weight excluding hydrogens is 317 g/mol. The highest BCUT2D eigenvalue weighted by Gasteiger charge is 2.22. The van der Waals surface area contributed by atoms with E-state index < -0.39 is 0 Å². The summed E-state index contributed by atoms with van der Waals surface area (Å²) in [7, 11) is 0. The van der Waals surface area contributed by atoms with Gasteiger partial charge in [-0.1, -0.05) is 41.7 Å². The largest absolute Gasteiger partial charge is 0.494 e. The zero-order chi connectivity index (χ0) is 16.2. The van der Waals surface area contributed by atoms with Crippen LogP contribution in [0.4, 0.5) is 4.39 Å². The Kier molecular flexibility index (Phi) is 4.43. The summed E-state index contributed by atoms with van der Waals surface area (Å²) in [6.45, 7) is 0.219. The number of aromatic nitrogens is 1. The Morgan fingerprint density at radius 3 is 2.43 bits per heavy atom. The maximum Gasteiger partial charge on any atom is 0.307 e. The minimum absolute atomic E-state index is 0.142. The summed E-state index contributed by atoms with van der Waals surface area (Å²) in [5.41, 5.74) is 0.917. The van der Waals surface area contributed by atoms with Crippen LogP contribution >= 0.6 is 11.3 Å². The van der Waals surface area contributed by atoms with E-state index in [4.69, 9.17) is 4.74 Å². The first-order valence-electron chi connectivity index (χ1n) is 6.99. The molecule has 3 rings (SSSR count). The molecule has 1 unspecified atom stereocenters. The predicted octanol–water partition coefficient (Wildman–Crippen LogP) is 3.49. The van der Waals surface area contributed by atoms with E-state index in [0.29, 0.717) is 10.6 Å². The van der Waals surface area contributed by atoms with Crippen LogP contribution in [0.25, 0.3) is 0 Å². The molecule has 0 saturated heterocycles. The van der Waals surface area contributed by atoms with Crippen molar-refractivity contribution in [1.29, 1.82) is 0 Å². The van der Waals surface area contributed by atoms with Gasteiger partial charge in [0.05, 0.1) is 10.8 Å². The fraction of sp³-hybridized carbons (Fsp3) is 0.118. The summed E-state index contributed by atoms with van der Waals surface area (Å²) in [6.07, 6.45) is 0. The van der Waals surface area contributed by atoms with Crippen LogP contribution in [0, 0.1) is 5.82 Å². The number of thiazole rings is 1. The molecule has 0 fully saturated rings. The Balaban J connectivity index is 1.88. The summed E-state index contributed by atoms with van der Waals surface area (Å²) in [5.74, 6) is -0.255. The average molecular weight is 331 g/mol. The third-order valence-electron chi connectivity index (χ3n) is 3.41. The second-order valence-electron chi connectivity index (χ2n) is 4.96. The van der Waals surface area contributed by atoms with E-state index >= 15 is 0 Å². The van der Waals surface area contributed by atoms with Crippen LogP contribution in [-0.4, -0.2) is 16.7 Å². The van der Waals surface area contributed by atoms with Gasteiger partial charge in [0.1, 0.15) is 18.2 Å². The van der Waals surface area contributed by atoms with E-state index in [9.17, 15) is 14.3 Å². The molecule has 118 valence electrons. The number of nitrogens with one attached hydrogen (secondary N) is 1. The zero-order valence-electron chi connectivity index (χ0n) is 12.0. The molecule has 0 saturated carbocycles. The molecule has 4 nitrogen and oxygen atoms in total. The standard InChI is InChI=1S/C17H14FNO3S/c18-12-6-8-13(9-7-12)22-10-14(11-4-2-1-3-5-11)15-16(20)19-17(21)23-15/h1-9,14,20H,10H2,(H,19,21). The maximum absolute atomic E-state index is 12.9. The smallest absolute Gasteiger partial charge is 0.307 e. The number of H-pyrrole nitrogens is 1. The number of ether oxygens (including phenoxy) is 1. The lowest BCUT2D eigenvalue weighted by Gasteiger charge is -2.17.